The lowest BCUT2D eigenvalue weighted by Gasteiger charge is -2.04. The fourth-order valence-electron chi connectivity index (χ4n) is 0.851. The maximum Gasteiger partial charge on any atom is 0.185 e. The molecule has 0 heterocycles. The second-order valence-electron chi connectivity index (χ2n) is 2.40. The summed E-state index contributed by atoms with van der Waals surface area (Å²) >= 11 is 0. The lowest BCUT2D eigenvalue weighted by Crippen LogP contribution is -2.29. The van der Waals surface area contributed by atoms with E-state index >= 15 is 0 Å². The Labute approximate surface area is 70.5 Å². The van der Waals surface area contributed by atoms with Crippen molar-refractivity contribution in [2.75, 3.05) is 0 Å². The summed E-state index contributed by atoms with van der Waals surface area (Å²) in [4.78, 5) is 0. The molecule has 0 fully saturated rings. The standard InChI is InChI=1S/C8H11N3O/c9-8(10)11-5-6-3-1-2-4-7(6)12/h1-4,12H,5H2,(H4,9,10,11). The monoisotopic (exact) mass is 165 g/mol. The normalized spacial score (nSPS) is 9.33. The van der Waals surface area contributed by atoms with Crippen LogP contribution in [0.4, 0.5) is 0 Å². The molecule has 4 nitrogen and oxygen atoms in total. The molecule has 0 aliphatic heterocycles. The highest BCUT2D eigenvalue weighted by Gasteiger charge is 1.97. The van der Waals surface area contributed by atoms with Crippen molar-refractivity contribution in [2.24, 2.45) is 5.73 Å². The molecule has 1 rings (SSSR count). The summed E-state index contributed by atoms with van der Waals surface area (Å²) in [6.45, 7) is 0.377. The first-order chi connectivity index (χ1) is 5.70. The largest absolute Gasteiger partial charge is 0.508 e. The molecule has 0 unspecified atom stereocenters. The molecular formula is C8H11N3O. The molecule has 4 heteroatoms. The van der Waals surface area contributed by atoms with Crippen LogP contribution in [-0.4, -0.2) is 11.1 Å². The van der Waals surface area contributed by atoms with E-state index in [4.69, 9.17) is 11.1 Å². The molecule has 12 heavy (non-hydrogen) atoms. The van der Waals surface area contributed by atoms with Gasteiger partial charge in [-0.2, -0.15) is 0 Å². The van der Waals surface area contributed by atoms with Gasteiger partial charge in [-0.3, -0.25) is 5.41 Å². The van der Waals surface area contributed by atoms with E-state index in [2.05, 4.69) is 5.32 Å². The van der Waals surface area contributed by atoms with Gasteiger partial charge in [0.15, 0.2) is 5.96 Å². The Morgan fingerprint density at radius 3 is 2.75 bits per heavy atom. The third kappa shape index (κ3) is 2.16. The van der Waals surface area contributed by atoms with Crippen molar-refractivity contribution in [3.8, 4) is 5.75 Å². The van der Waals surface area contributed by atoms with E-state index in [-0.39, 0.29) is 11.7 Å². The molecule has 0 aliphatic rings. The van der Waals surface area contributed by atoms with Crippen LogP contribution >= 0.6 is 0 Å². The second kappa shape index (κ2) is 3.61. The molecule has 5 N–H and O–H groups in total. The van der Waals surface area contributed by atoms with Gasteiger partial charge in [0.05, 0.1) is 0 Å². The molecule has 0 aromatic heterocycles. The number of guanidine groups is 1. The van der Waals surface area contributed by atoms with Crippen LogP contribution in [0.3, 0.4) is 0 Å². The Morgan fingerprint density at radius 1 is 1.50 bits per heavy atom. The van der Waals surface area contributed by atoms with Crippen LogP contribution in [-0.2, 0) is 6.54 Å². The molecule has 0 atom stereocenters. The van der Waals surface area contributed by atoms with Crippen LogP contribution in [0.15, 0.2) is 24.3 Å². The number of benzene rings is 1. The second-order valence-corrected chi connectivity index (χ2v) is 2.40. The van der Waals surface area contributed by atoms with Crippen molar-refractivity contribution in [2.45, 2.75) is 6.54 Å². The first-order valence-corrected chi connectivity index (χ1v) is 3.55. The van der Waals surface area contributed by atoms with Gasteiger partial charge in [0.1, 0.15) is 5.75 Å². The molecule has 0 spiro atoms. The minimum atomic E-state index is -0.0988. The molecule has 0 bridgehead atoms. The molecule has 1 aromatic carbocycles. The van der Waals surface area contributed by atoms with Gasteiger partial charge in [-0.05, 0) is 6.07 Å². The van der Waals surface area contributed by atoms with Gasteiger partial charge in [-0.15, -0.1) is 0 Å². The van der Waals surface area contributed by atoms with Gasteiger partial charge < -0.3 is 16.2 Å². The first kappa shape index (κ1) is 8.39. The van der Waals surface area contributed by atoms with Crippen molar-refractivity contribution in [3.05, 3.63) is 29.8 Å². The molecule has 0 saturated carbocycles. The van der Waals surface area contributed by atoms with E-state index in [0.29, 0.717) is 6.54 Å². The highest BCUT2D eigenvalue weighted by molar-refractivity contribution is 5.74. The zero-order valence-corrected chi connectivity index (χ0v) is 6.54. The average Bonchev–Trinajstić information content (AvgIpc) is 2.03. The summed E-state index contributed by atoms with van der Waals surface area (Å²) in [7, 11) is 0. The number of aromatic hydroxyl groups is 1. The lowest BCUT2D eigenvalue weighted by molar-refractivity contribution is 0.467. The maximum absolute atomic E-state index is 9.27. The zero-order valence-electron chi connectivity index (χ0n) is 6.54. The quantitative estimate of drug-likeness (QED) is 0.377. The summed E-state index contributed by atoms with van der Waals surface area (Å²) in [5.41, 5.74) is 5.81. The van der Waals surface area contributed by atoms with E-state index in [1.54, 1.807) is 18.2 Å². The SMILES string of the molecule is N=C(N)NCc1ccccc1O. The first-order valence-electron chi connectivity index (χ1n) is 3.55. The Kier molecular flexibility index (Phi) is 2.53. The zero-order chi connectivity index (χ0) is 8.97. The smallest absolute Gasteiger partial charge is 0.185 e. The summed E-state index contributed by atoms with van der Waals surface area (Å²) in [6.07, 6.45) is 0. The van der Waals surface area contributed by atoms with Gasteiger partial charge in [-0.25, -0.2) is 0 Å². The number of para-hydroxylation sites is 1. The number of phenols is 1. The van der Waals surface area contributed by atoms with Gasteiger partial charge in [0.2, 0.25) is 0 Å². The highest BCUT2D eigenvalue weighted by Crippen LogP contribution is 2.14. The van der Waals surface area contributed by atoms with Gasteiger partial charge >= 0.3 is 0 Å². The highest BCUT2D eigenvalue weighted by atomic mass is 16.3. The van der Waals surface area contributed by atoms with E-state index < -0.39 is 0 Å². The van der Waals surface area contributed by atoms with Crippen LogP contribution in [0.5, 0.6) is 5.75 Å². The lowest BCUT2D eigenvalue weighted by atomic mass is 10.2. The van der Waals surface area contributed by atoms with E-state index in [1.807, 2.05) is 6.07 Å². The molecule has 0 radical (unpaired) electrons. The Hall–Kier alpha value is -1.71. The van der Waals surface area contributed by atoms with Crippen molar-refractivity contribution < 1.29 is 5.11 Å². The van der Waals surface area contributed by atoms with Gasteiger partial charge in [0, 0.05) is 12.1 Å². The molecule has 64 valence electrons. The Balaban J connectivity index is 2.63. The van der Waals surface area contributed by atoms with Crippen molar-refractivity contribution >= 4 is 5.96 Å². The van der Waals surface area contributed by atoms with Crippen LogP contribution < -0.4 is 11.1 Å². The van der Waals surface area contributed by atoms with Crippen LogP contribution in [0.25, 0.3) is 0 Å². The number of nitrogens with one attached hydrogen (secondary N) is 2. The third-order valence-electron chi connectivity index (χ3n) is 1.46. The number of hydrogen-bond acceptors (Lipinski definition) is 2. The van der Waals surface area contributed by atoms with Crippen LogP contribution in [0, 0.1) is 5.41 Å². The molecule has 0 saturated heterocycles. The fourth-order valence-corrected chi connectivity index (χ4v) is 0.851. The predicted octanol–water partition coefficient (Wildman–Crippen LogP) is 0.375. The van der Waals surface area contributed by atoms with E-state index in [0.717, 1.165) is 5.56 Å². The van der Waals surface area contributed by atoms with Gasteiger partial charge in [0.25, 0.3) is 0 Å². The Morgan fingerprint density at radius 2 is 2.17 bits per heavy atom. The molecular weight excluding hydrogens is 154 g/mol. The van der Waals surface area contributed by atoms with Crippen molar-refractivity contribution in [1.82, 2.24) is 5.32 Å². The fraction of sp³-hybridized carbons (Fsp3) is 0.125. The molecule has 0 aliphatic carbocycles. The third-order valence-corrected chi connectivity index (χ3v) is 1.46. The van der Waals surface area contributed by atoms with E-state index in [1.165, 1.54) is 0 Å². The molecule has 0 amide bonds. The minimum absolute atomic E-state index is 0.0988. The summed E-state index contributed by atoms with van der Waals surface area (Å²) in [6, 6.07) is 6.92. The Bertz CT molecular complexity index is 285. The van der Waals surface area contributed by atoms with Crippen LogP contribution in [0.2, 0.25) is 0 Å². The topological polar surface area (TPSA) is 82.1 Å². The maximum atomic E-state index is 9.27. The predicted molar refractivity (Wildman–Crippen MR) is 46.9 cm³/mol. The number of rotatable bonds is 2. The number of nitrogens with two attached hydrogens (primary N) is 1. The van der Waals surface area contributed by atoms with Crippen molar-refractivity contribution in [3.63, 3.8) is 0 Å². The minimum Gasteiger partial charge on any atom is -0.508 e. The van der Waals surface area contributed by atoms with Crippen LogP contribution in [0.1, 0.15) is 5.56 Å². The van der Waals surface area contributed by atoms with Gasteiger partial charge in [-0.1, -0.05) is 18.2 Å². The summed E-state index contributed by atoms with van der Waals surface area (Å²) in [5.74, 6) is 0.115. The summed E-state index contributed by atoms with van der Waals surface area (Å²) in [5, 5.41) is 18.8. The van der Waals surface area contributed by atoms with Crippen molar-refractivity contribution in [1.29, 1.82) is 5.41 Å². The number of hydrogen-bond donors (Lipinski definition) is 4. The van der Waals surface area contributed by atoms with E-state index in [9.17, 15) is 5.11 Å². The summed E-state index contributed by atoms with van der Waals surface area (Å²) < 4.78 is 0. The average molecular weight is 165 g/mol. The number of phenolic OH excluding ortho intramolecular Hbond substituents is 1. The molecule has 1 aromatic rings.